The minimum atomic E-state index is -3.64. The number of benzene rings is 2. The molecule has 0 unspecified atom stereocenters. The minimum absolute atomic E-state index is 0.113. The van der Waals surface area contributed by atoms with Crippen LogP contribution in [-0.4, -0.2) is 30.4 Å². The Morgan fingerprint density at radius 1 is 1.04 bits per heavy atom. The molecule has 0 aromatic heterocycles. The van der Waals surface area contributed by atoms with E-state index in [9.17, 15) is 16.8 Å². The van der Waals surface area contributed by atoms with Crippen LogP contribution in [-0.2, 0) is 32.2 Å². The van der Waals surface area contributed by atoms with Gasteiger partial charge < -0.3 is 0 Å². The number of fused-ring (bicyclic) bond motifs is 1. The number of halogens is 2. The number of rotatable bonds is 5. The predicted molar refractivity (Wildman–Crippen MR) is 103 cm³/mol. The SMILES string of the molecule is CNS(=O)(=O)c1ccc2c(c1)CCN2S(=O)(=O)Cc1ccc(Cl)c(Cl)c1. The first-order valence-electron chi connectivity index (χ1n) is 7.65. The van der Waals surface area contributed by atoms with Crippen LogP contribution in [0.15, 0.2) is 41.3 Å². The Bertz CT molecular complexity index is 1070. The van der Waals surface area contributed by atoms with Crippen molar-refractivity contribution in [2.45, 2.75) is 17.1 Å². The average molecular weight is 435 g/mol. The molecular formula is C16H16Cl2N2O4S2. The Balaban J connectivity index is 1.91. The summed E-state index contributed by atoms with van der Waals surface area (Å²) in [6.45, 7) is 0.266. The molecule has 0 aliphatic carbocycles. The Morgan fingerprint density at radius 3 is 2.42 bits per heavy atom. The molecule has 26 heavy (non-hydrogen) atoms. The maximum Gasteiger partial charge on any atom is 0.240 e. The quantitative estimate of drug-likeness (QED) is 0.783. The van der Waals surface area contributed by atoms with Crippen molar-refractivity contribution in [2.24, 2.45) is 0 Å². The molecule has 0 fully saturated rings. The van der Waals surface area contributed by atoms with E-state index in [-0.39, 0.29) is 17.2 Å². The van der Waals surface area contributed by atoms with Crippen molar-refractivity contribution in [3.63, 3.8) is 0 Å². The van der Waals surface area contributed by atoms with Gasteiger partial charge in [-0.25, -0.2) is 21.6 Å². The summed E-state index contributed by atoms with van der Waals surface area (Å²) >= 11 is 11.8. The van der Waals surface area contributed by atoms with Gasteiger partial charge in [0.1, 0.15) is 0 Å². The van der Waals surface area contributed by atoms with E-state index in [4.69, 9.17) is 23.2 Å². The van der Waals surface area contributed by atoms with Gasteiger partial charge in [-0.2, -0.15) is 0 Å². The van der Waals surface area contributed by atoms with Crippen molar-refractivity contribution in [3.8, 4) is 0 Å². The van der Waals surface area contributed by atoms with Gasteiger partial charge in [-0.3, -0.25) is 4.31 Å². The molecule has 6 nitrogen and oxygen atoms in total. The van der Waals surface area contributed by atoms with Crippen LogP contribution in [0.25, 0.3) is 0 Å². The van der Waals surface area contributed by atoms with Crippen molar-refractivity contribution < 1.29 is 16.8 Å². The topological polar surface area (TPSA) is 83.6 Å². The molecule has 0 amide bonds. The van der Waals surface area contributed by atoms with Gasteiger partial charge in [0.2, 0.25) is 20.0 Å². The Morgan fingerprint density at radius 2 is 1.77 bits per heavy atom. The first-order chi connectivity index (χ1) is 12.1. The van der Waals surface area contributed by atoms with Crippen molar-refractivity contribution in [1.82, 2.24) is 4.72 Å². The third-order valence-corrected chi connectivity index (χ3v) is 8.05. The maximum atomic E-state index is 12.8. The molecule has 0 saturated heterocycles. The molecule has 0 radical (unpaired) electrons. The van der Waals surface area contributed by atoms with Gasteiger partial charge in [0.15, 0.2) is 0 Å². The molecule has 2 aromatic rings. The van der Waals surface area contributed by atoms with Crippen LogP contribution in [0.1, 0.15) is 11.1 Å². The fourth-order valence-electron chi connectivity index (χ4n) is 2.84. The molecule has 1 heterocycles. The smallest absolute Gasteiger partial charge is 0.240 e. The molecule has 10 heteroatoms. The molecule has 1 aliphatic heterocycles. The zero-order chi connectivity index (χ0) is 19.1. The zero-order valence-electron chi connectivity index (χ0n) is 13.7. The first-order valence-corrected chi connectivity index (χ1v) is 11.5. The van der Waals surface area contributed by atoms with Crippen LogP contribution >= 0.6 is 23.2 Å². The van der Waals surface area contributed by atoms with Crippen LogP contribution in [0.4, 0.5) is 5.69 Å². The lowest BCUT2D eigenvalue weighted by molar-refractivity contribution is 0.587. The average Bonchev–Trinajstić information content (AvgIpc) is 3.02. The molecule has 3 rings (SSSR count). The lowest BCUT2D eigenvalue weighted by atomic mass is 10.2. The van der Waals surface area contributed by atoms with E-state index in [0.717, 1.165) is 0 Å². The van der Waals surface area contributed by atoms with Gasteiger partial charge in [-0.05, 0) is 54.9 Å². The number of nitrogens with zero attached hydrogens (tertiary/aromatic N) is 1. The summed E-state index contributed by atoms with van der Waals surface area (Å²) in [4.78, 5) is 0.113. The third-order valence-electron chi connectivity index (χ3n) is 4.15. The molecule has 0 saturated carbocycles. The van der Waals surface area contributed by atoms with E-state index in [0.29, 0.717) is 33.3 Å². The van der Waals surface area contributed by atoms with E-state index < -0.39 is 20.0 Å². The summed E-state index contributed by atoms with van der Waals surface area (Å²) in [6.07, 6.45) is 0.447. The highest BCUT2D eigenvalue weighted by Gasteiger charge is 2.30. The van der Waals surface area contributed by atoms with E-state index in [1.165, 1.54) is 35.6 Å². The lowest BCUT2D eigenvalue weighted by Gasteiger charge is -2.20. The standard InChI is InChI=1S/C16H16Cl2N2O4S2/c1-19-26(23,24)13-3-5-16-12(9-13)6-7-20(16)25(21,22)10-11-2-4-14(17)15(18)8-11/h2-5,8-9,19H,6-7,10H2,1H3. The lowest BCUT2D eigenvalue weighted by Crippen LogP contribution is -2.30. The molecule has 1 N–H and O–H groups in total. The zero-order valence-corrected chi connectivity index (χ0v) is 16.9. The Kier molecular flexibility index (Phi) is 5.24. The predicted octanol–water partition coefficient (Wildman–Crippen LogP) is 2.79. The minimum Gasteiger partial charge on any atom is -0.269 e. The van der Waals surface area contributed by atoms with Gasteiger partial charge in [0, 0.05) is 6.54 Å². The normalized spacial score (nSPS) is 14.5. The molecule has 140 valence electrons. The van der Waals surface area contributed by atoms with Gasteiger partial charge >= 0.3 is 0 Å². The van der Waals surface area contributed by atoms with Crippen molar-refractivity contribution in [1.29, 1.82) is 0 Å². The highest BCUT2D eigenvalue weighted by Crippen LogP contribution is 2.33. The summed E-state index contributed by atoms with van der Waals surface area (Å²) in [5.74, 6) is -0.222. The molecule has 2 aromatic carbocycles. The van der Waals surface area contributed by atoms with Crippen LogP contribution in [0.3, 0.4) is 0 Å². The molecule has 1 aliphatic rings. The Hall–Kier alpha value is -1.32. The highest BCUT2D eigenvalue weighted by atomic mass is 35.5. The fraction of sp³-hybridized carbons (Fsp3) is 0.250. The van der Waals surface area contributed by atoms with E-state index >= 15 is 0 Å². The molecule has 0 bridgehead atoms. The van der Waals surface area contributed by atoms with Crippen LogP contribution in [0, 0.1) is 0 Å². The van der Waals surface area contributed by atoms with Gasteiger partial charge in [0.25, 0.3) is 0 Å². The van der Waals surface area contributed by atoms with Crippen molar-refractivity contribution in [2.75, 3.05) is 17.9 Å². The number of anilines is 1. The number of hydrogen-bond acceptors (Lipinski definition) is 4. The van der Waals surface area contributed by atoms with Gasteiger partial charge in [-0.1, -0.05) is 29.3 Å². The first kappa shape index (κ1) is 19.4. The number of hydrogen-bond donors (Lipinski definition) is 1. The number of sulfonamides is 2. The molecule has 0 spiro atoms. The molecular weight excluding hydrogens is 419 g/mol. The highest BCUT2D eigenvalue weighted by molar-refractivity contribution is 7.92. The van der Waals surface area contributed by atoms with Crippen molar-refractivity contribution >= 4 is 48.9 Å². The largest absolute Gasteiger partial charge is 0.269 e. The second-order valence-electron chi connectivity index (χ2n) is 5.82. The summed E-state index contributed by atoms with van der Waals surface area (Å²) in [7, 11) is -5.89. The monoisotopic (exact) mass is 434 g/mol. The van der Waals surface area contributed by atoms with Crippen LogP contribution < -0.4 is 9.03 Å². The van der Waals surface area contributed by atoms with Gasteiger partial charge in [0.05, 0.1) is 26.4 Å². The maximum absolute atomic E-state index is 12.8. The second-order valence-corrected chi connectivity index (χ2v) is 10.4. The third kappa shape index (κ3) is 3.70. The summed E-state index contributed by atoms with van der Waals surface area (Å²) in [6, 6.07) is 9.14. The summed E-state index contributed by atoms with van der Waals surface area (Å²) in [5, 5.41) is 0.653. The number of nitrogens with one attached hydrogen (secondary N) is 1. The Labute approximate surface area is 162 Å². The summed E-state index contributed by atoms with van der Waals surface area (Å²) in [5.41, 5.74) is 1.71. The van der Waals surface area contributed by atoms with E-state index in [1.807, 2.05) is 0 Å². The fourth-order valence-corrected chi connectivity index (χ4v) is 5.54. The van der Waals surface area contributed by atoms with E-state index in [2.05, 4.69) is 4.72 Å². The van der Waals surface area contributed by atoms with Crippen LogP contribution in [0.2, 0.25) is 10.0 Å². The van der Waals surface area contributed by atoms with E-state index in [1.54, 1.807) is 12.1 Å². The summed E-state index contributed by atoms with van der Waals surface area (Å²) < 4.78 is 53.0. The van der Waals surface area contributed by atoms with Gasteiger partial charge in [-0.15, -0.1) is 0 Å². The van der Waals surface area contributed by atoms with Crippen LogP contribution in [0.5, 0.6) is 0 Å². The second kappa shape index (κ2) is 7.01. The van der Waals surface area contributed by atoms with Crippen molar-refractivity contribution in [3.05, 3.63) is 57.6 Å². The molecule has 0 atom stereocenters.